The fourth-order valence-corrected chi connectivity index (χ4v) is 0. The van der Waals surface area contributed by atoms with Crippen LogP contribution in [-0.2, 0) is 0 Å². The molecule has 22 valence electrons. The first-order valence-electron chi connectivity index (χ1n) is 0. The Kier molecular flexibility index (Phi) is 393. The summed E-state index contributed by atoms with van der Waals surface area (Å²) in [5.74, 6) is 0. The van der Waals surface area contributed by atoms with E-state index in [1.807, 2.05) is 0 Å². The Labute approximate surface area is 101 Å². The van der Waals surface area contributed by atoms with Crippen molar-refractivity contribution in [1.29, 1.82) is 0 Å². The van der Waals surface area contributed by atoms with Gasteiger partial charge in [-0.25, -0.2) is 0 Å². The van der Waals surface area contributed by atoms with Crippen LogP contribution >= 0.6 is 9.90 Å². The molecule has 0 spiro atoms. The van der Waals surface area contributed by atoms with Gasteiger partial charge in [-0.1, -0.05) is 0 Å². The molecule has 6 heteroatoms. The van der Waals surface area contributed by atoms with Gasteiger partial charge in [-0.15, -0.1) is 0 Å². The first-order valence-corrected chi connectivity index (χ1v) is 0. The molecular formula is Al2AsGa2P. The van der Waals surface area contributed by atoms with Crippen molar-refractivity contribution in [2.24, 2.45) is 0 Å². The van der Waals surface area contributed by atoms with Crippen molar-refractivity contribution >= 4 is 102 Å². The zero-order valence-electron chi connectivity index (χ0n) is 3.20. The summed E-state index contributed by atoms with van der Waals surface area (Å²) in [5.41, 5.74) is 0. The second-order valence-corrected chi connectivity index (χ2v) is 0. The Morgan fingerprint density at radius 1 is 0.667 bits per heavy atom. The second-order valence-electron chi connectivity index (χ2n) is 0. The first-order chi connectivity index (χ1) is 0. The average Bonchev–Trinajstić information content (AvgIpc) is 0. The molecular weight excluding hydrogens is 299 g/mol. The van der Waals surface area contributed by atoms with Gasteiger partial charge in [-0.2, -0.15) is 0 Å². The van der Waals surface area contributed by atoms with Gasteiger partial charge in [0.25, 0.3) is 0 Å². The standard InChI is InChI=1S/2Al.As.2Ga.P/q;;-3;2*+3;-3. The zero-order chi connectivity index (χ0) is 0. The van der Waals surface area contributed by atoms with Crippen LogP contribution in [-0.4, -0.2) is 92.3 Å². The third-order valence-electron chi connectivity index (χ3n) is 0. The van der Waals surface area contributed by atoms with E-state index in [1.54, 1.807) is 0 Å². The van der Waals surface area contributed by atoms with Gasteiger partial charge < -0.3 is 27.9 Å². The van der Waals surface area contributed by atoms with Gasteiger partial charge in [0, 0.05) is 34.7 Å². The van der Waals surface area contributed by atoms with E-state index in [2.05, 4.69) is 0 Å². The minimum absolute atomic E-state index is 0. The topological polar surface area (TPSA) is 0 Å². The first kappa shape index (κ1) is 58.4. The quantitative estimate of drug-likeness (QED) is 0.396. The molecule has 6 heavy (non-hydrogen) atoms. The van der Waals surface area contributed by atoms with Crippen LogP contribution in [0.2, 0.25) is 0 Å². The van der Waals surface area contributed by atoms with Gasteiger partial charge in [0.1, 0.15) is 0 Å². The third kappa shape index (κ3) is 26.5. The maximum Gasteiger partial charge on any atom is 3.00 e. The molecule has 0 aliphatic carbocycles. The largest absolute Gasteiger partial charge is 3.00 e. The molecule has 6 radical (unpaired) electrons. The van der Waals surface area contributed by atoms with Crippen LogP contribution in [0.25, 0.3) is 0 Å². The number of hydrogen-bond acceptors (Lipinski definition) is 0. The molecule has 0 aromatic heterocycles. The molecule has 0 aliphatic rings. The van der Waals surface area contributed by atoms with Crippen molar-refractivity contribution in [3.63, 3.8) is 0 Å². The molecule has 0 nitrogen and oxygen atoms in total. The molecule has 0 unspecified atom stereocenters. The molecule has 0 saturated carbocycles. The summed E-state index contributed by atoms with van der Waals surface area (Å²) in [7, 11) is 0. The van der Waals surface area contributed by atoms with Crippen LogP contribution in [0.1, 0.15) is 0 Å². The molecule has 0 aromatic carbocycles. The SMILES string of the molecule is [Al].[Al].[As-3].[Ga+3].[Ga+3].[P-3]. The van der Waals surface area contributed by atoms with Gasteiger partial charge in [-0.3, -0.25) is 0 Å². The third-order valence-corrected chi connectivity index (χ3v) is 0. The van der Waals surface area contributed by atoms with E-state index >= 15 is 0 Å². The average molecular weight is 299 g/mol. The summed E-state index contributed by atoms with van der Waals surface area (Å²) in [6.45, 7) is 0. The number of hydrogen-bond donors (Lipinski definition) is 0. The Bertz CT molecular complexity index is 11.5. The van der Waals surface area contributed by atoms with Crippen LogP contribution in [0, 0.1) is 0 Å². The monoisotopic (exact) mass is 298 g/mol. The van der Waals surface area contributed by atoms with Crippen molar-refractivity contribution in [2.45, 2.75) is 0 Å². The molecule has 0 aliphatic heterocycles. The second kappa shape index (κ2) is 40.4. The zero-order valence-corrected chi connectivity index (χ0v) is 13.1. The molecule has 0 N–H and O–H groups in total. The van der Waals surface area contributed by atoms with Gasteiger partial charge in [0.05, 0.1) is 0 Å². The summed E-state index contributed by atoms with van der Waals surface area (Å²) in [6.07, 6.45) is 0. The van der Waals surface area contributed by atoms with Crippen LogP contribution < -0.4 is 0 Å². The van der Waals surface area contributed by atoms with E-state index in [0.717, 1.165) is 0 Å². The van der Waals surface area contributed by atoms with Gasteiger partial charge in [0.2, 0.25) is 0 Å². The van der Waals surface area contributed by atoms with Crippen molar-refractivity contribution in [1.82, 2.24) is 0 Å². The predicted molar refractivity (Wildman–Crippen MR) is 35.7 cm³/mol. The number of rotatable bonds is 0. The van der Waals surface area contributed by atoms with E-state index in [1.165, 1.54) is 0 Å². The van der Waals surface area contributed by atoms with E-state index in [0.29, 0.717) is 0 Å². The molecule has 0 fully saturated rings. The molecule has 0 amide bonds. The van der Waals surface area contributed by atoms with Gasteiger partial charge >= 0.3 is 39.6 Å². The van der Waals surface area contributed by atoms with Crippen LogP contribution in [0.4, 0.5) is 0 Å². The molecule has 0 atom stereocenters. The molecule has 0 heterocycles. The van der Waals surface area contributed by atoms with Crippen LogP contribution in [0.3, 0.4) is 0 Å². The Morgan fingerprint density at radius 3 is 0.667 bits per heavy atom. The van der Waals surface area contributed by atoms with Crippen LogP contribution in [0.5, 0.6) is 0 Å². The van der Waals surface area contributed by atoms with E-state index in [4.69, 9.17) is 0 Å². The molecule has 0 saturated heterocycles. The molecule has 0 rings (SSSR count). The normalized spacial score (nSPS) is 0. The summed E-state index contributed by atoms with van der Waals surface area (Å²) in [6, 6.07) is 0. The minimum Gasteiger partial charge on any atom is -3.00 e. The minimum atomic E-state index is 0. The fourth-order valence-electron chi connectivity index (χ4n) is 0. The van der Waals surface area contributed by atoms with E-state index in [-0.39, 0.29) is 102 Å². The smallest absolute Gasteiger partial charge is 3.00 e. The Balaban J connectivity index is 0. The van der Waals surface area contributed by atoms with Crippen LogP contribution in [0.15, 0.2) is 0 Å². The van der Waals surface area contributed by atoms with Crippen molar-refractivity contribution in [2.75, 3.05) is 0 Å². The fraction of sp³-hybridized carbons (Fsp3) is 0. The summed E-state index contributed by atoms with van der Waals surface area (Å²) in [5, 5.41) is 0. The summed E-state index contributed by atoms with van der Waals surface area (Å²) in [4.78, 5) is 0. The van der Waals surface area contributed by atoms with Gasteiger partial charge in [-0.05, 0) is 0 Å². The van der Waals surface area contributed by atoms with E-state index in [9.17, 15) is 0 Å². The summed E-state index contributed by atoms with van der Waals surface area (Å²) >= 11 is 0. The van der Waals surface area contributed by atoms with Crippen molar-refractivity contribution in [3.05, 3.63) is 0 Å². The molecule has 0 aromatic rings. The molecule has 0 bridgehead atoms. The van der Waals surface area contributed by atoms with Crippen molar-refractivity contribution in [3.8, 4) is 0 Å². The Morgan fingerprint density at radius 2 is 0.667 bits per heavy atom. The van der Waals surface area contributed by atoms with E-state index < -0.39 is 0 Å². The van der Waals surface area contributed by atoms with Gasteiger partial charge in [0.15, 0.2) is 0 Å². The van der Waals surface area contributed by atoms with Crippen molar-refractivity contribution < 1.29 is 0 Å². The Hall–Kier alpha value is 3.33. The summed E-state index contributed by atoms with van der Waals surface area (Å²) < 4.78 is 0. The maximum absolute atomic E-state index is 0. The predicted octanol–water partition coefficient (Wildman–Crippen LogP) is -1.04. The maximum atomic E-state index is 0.